The minimum Gasteiger partial charge on any atom is -0.344 e. The topological polar surface area (TPSA) is 76.0 Å². The summed E-state index contributed by atoms with van der Waals surface area (Å²) in [6.45, 7) is 5.19. The molecule has 0 saturated carbocycles. The summed E-state index contributed by atoms with van der Waals surface area (Å²) in [7, 11) is 0. The van der Waals surface area contributed by atoms with Crippen molar-refractivity contribution in [2.75, 3.05) is 5.32 Å². The molecule has 22 heavy (non-hydrogen) atoms. The molecule has 0 fully saturated rings. The molecule has 2 aromatic rings. The van der Waals surface area contributed by atoms with Gasteiger partial charge in [0.15, 0.2) is 0 Å². The van der Waals surface area contributed by atoms with Crippen LogP contribution in [0.3, 0.4) is 0 Å². The minimum atomic E-state index is -0.550. The van der Waals surface area contributed by atoms with Gasteiger partial charge in [-0.25, -0.2) is 4.98 Å². The molecule has 2 rings (SSSR count). The summed E-state index contributed by atoms with van der Waals surface area (Å²) in [6, 6.07) is 6.86. The molecule has 1 aromatic carbocycles. The fourth-order valence-electron chi connectivity index (χ4n) is 2.10. The fourth-order valence-corrected chi connectivity index (χ4v) is 2.10. The van der Waals surface area contributed by atoms with Crippen LogP contribution in [0.2, 0.25) is 0 Å². The maximum Gasteiger partial charge on any atom is 0.247 e. The summed E-state index contributed by atoms with van der Waals surface area (Å²) in [5, 5.41) is 5.49. The minimum absolute atomic E-state index is 0.00845. The third-order valence-corrected chi connectivity index (χ3v) is 3.25. The Labute approximate surface area is 129 Å². The number of benzene rings is 1. The summed E-state index contributed by atoms with van der Waals surface area (Å²) >= 11 is 0. The van der Waals surface area contributed by atoms with E-state index in [-0.39, 0.29) is 17.7 Å². The first-order valence-electron chi connectivity index (χ1n) is 7.13. The van der Waals surface area contributed by atoms with E-state index < -0.39 is 6.04 Å². The van der Waals surface area contributed by atoms with Crippen LogP contribution in [0.1, 0.15) is 20.8 Å². The monoisotopic (exact) mass is 300 g/mol. The summed E-state index contributed by atoms with van der Waals surface area (Å²) in [4.78, 5) is 27.4. The standard InChI is InChI=1S/C16H20N4O2/c1-11(2)15(18-12(3)21)16(22)19-13-4-6-14(7-5-13)20-9-8-17-10-20/h4-11,15H,1-3H3,(H,18,21)(H,19,22). The van der Waals surface area contributed by atoms with Gasteiger partial charge in [0.05, 0.1) is 6.33 Å². The molecule has 1 aromatic heterocycles. The Hall–Kier alpha value is -2.63. The first-order chi connectivity index (χ1) is 10.5. The number of hydrogen-bond acceptors (Lipinski definition) is 3. The first-order valence-corrected chi connectivity index (χ1v) is 7.13. The zero-order valence-corrected chi connectivity index (χ0v) is 12.9. The van der Waals surface area contributed by atoms with Gasteiger partial charge in [-0.1, -0.05) is 13.8 Å². The molecular formula is C16H20N4O2. The van der Waals surface area contributed by atoms with E-state index in [1.165, 1.54) is 6.92 Å². The second kappa shape index (κ2) is 6.89. The number of amides is 2. The highest BCUT2D eigenvalue weighted by molar-refractivity contribution is 5.97. The Bertz CT molecular complexity index is 633. The lowest BCUT2D eigenvalue weighted by Crippen LogP contribution is -2.46. The maximum absolute atomic E-state index is 12.3. The Kier molecular flexibility index (Phi) is 4.93. The van der Waals surface area contributed by atoms with E-state index in [1.807, 2.05) is 48.9 Å². The van der Waals surface area contributed by atoms with Crippen LogP contribution in [0.25, 0.3) is 5.69 Å². The van der Waals surface area contributed by atoms with E-state index in [2.05, 4.69) is 15.6 Å². The van der Waals surface area contributed by atoms with Crippen molar-refractivity contribution in [1.82, 2.24) is 14.9 Å². The Morgan fingerprint density at radius 1 is 1.18 bits per heavy atom. The van der Waals surface area contributed by atoms with Gasteiger partial charge in [-0.3, -0.25) is 9.59 Å². The number of rotatable bonds is 5. The maximum atomic E-state index is 12.3. The van der Waals surface area contributed by atoms with E-state index in [9.17, 15) is 9.59 Å². The van der Waals surface area contributed by atoms with E-state index in [4.69, 9.17) is 0 Å². The Morgan fingerprint density at radius 3 is 2.36 bits per heavy atom. The molecule has 0 aliphatic heterocycles. The quantitative estimate of drug-likeness (QED) is 0.886. The molecule has 6 nitrogen and oxygen atoms in total. The predicted octanol–water partition coefficient (Wildman–Crippen LogP) is 1.97. The molecule has 2 N–H and O–H groups in total. The Morgan fingerprint density at radius 2 is 1.86 bits per heavy atom. The molecule has 1 atom stereocenters. The summed E-state index contributed by atoms with van der Waals surface area (Å²) in [5.74, 6) is -0.431. The number of aromatic nitrogens is 2. The molecule has 116 valence electrons. The molecule has 6 heteroatoms. The summed E-state index contributed by atoms with van der Waals surface area (Å²) < 4.78 is 1.87. The smallest absolute Gasteiger partial charge is 0.247 e. The van der Waals surface area contributed by atoms with E-state index in [0.717, 1.165) is 5.69 Å². The number of hydrogen-bond donors (Lipinski definition) is 2. The van der Waals surface area contributed by atoms with Crippen molar-refractivity contribution >= 4 is 17.5 Å². The van der Waals surface area contributed by atoms with Gasteiger partial charge in [0.2, 0.25) is 11.8 Å². The number of imidazole rings is 1. The van der Waals surface area contributed by atoms with Crippen LogP contribution in [0.5, 0.6) is 0 Å². The van der Waals surface area contributed by atoms with Crippen LogP contribution >= 0.6 is 0 Å². The number of nitrogens with zero attached hydrogens (tertiary/aromatic N) is 2. The summed E-state index contributed by atoms with van der Waals surface area (Å²) in [6.07, 6.45) is 5.26. The van der Waals surface area contributed by atoms with Gasteiger partial charge in [0, 0.05) is 30.7 Å². The third kappa shape index (κ3) is 3.94. The second-order valence-electron chi connectivity index (χ2n) is 5.43. The number of carbonyl (C=O) groups is 2. The average Bonchev–Trinajstić information content (AvgIpc) is 2.99. The van der Waals surface area contributed by atoms with Crippen LogP contribution in [0.15, 0.2) is 43.0 Å². The van der Waals surface area contributed by atoms with Gasteiger partial charge in [-0.2, -0.15) is 0 Å². The molecule has 0 bridgehead atoms. The Balaban J connectivity index is 2.06. The molecule has 0 aliphatic rings. The van der Waals surface area contributed by atoms with Crippen molar-refractivity contribution in [3.8, 4) is 5.69 Å². The van der Waals surface area contributed by atoms with E-state index in [1.54, 1.807) is 12.5 Å². The van der Waals surface area contributed by atoms with Crippen LogP contribution in [-0.4, -0.2) is 27.4 Å². The lowest BCUT2D eigenvalue weighted by molar-refractivity contribution is -0.126. The second-order valence-corrected chi connectivity index (χ2v) is 5.43. The average molecular weight is 300 g/mol. The van der Waals surface area contributed by atoms with Gasteiger partial charge < -0.3 is 15.2 Å². The molecular weight excluding hydrogens is 280 g/mol. The van der Waals surface area contributed by atoms with Crippen molar-refractivity contribution in [3.63, 3.8) is 0 Å². The molecule has 0 aliphatic carbocycles. The van der Waals surface area contributed by atoms with Crippen molar-refractivity contribution in [2.45, 2.75) is 26.8 Å². The fraction of sp³-hybridized carbons (Fsp3) is 0.312. The molecule has 0 saturated heterocycles. The summed E-state index contributed by atoms with van der Waals surface area (Å²) in [5.41, 5.74) is 1.64. The zero-order chi connectivity index (χ0) is 16.1. The highest BCUT2D eigenvalue weighted by atomic mass is 16.2. The highest BCUT2D eigenvalue weighted by Gasteiger charge is 2.22. The van der Waals surface area contributed by atoms with Crippen molar-refractivity contribution in [2.24, 2.45) is 5.92 Å². The van der Waals surface area contributed by atoms with Crippen molar-refractivity contribution in [3.05, 3.63) is 43.0 Å². The van der Waals surface area contributed by atoms with Gasteiger partial charge >= 0.3 is 0 Å². The molecule has 1 unspecified atom stereocenters. The van der Waals surface area contributed by atoms with Gasteiger partial charge in [-0.05, 0) is 30.2 Å². The first kappa shape index (κ1) is 15.8. The third-order valence-electron chi connectivity index (χ3n) is 3.25. The number of anilines is 1. The number of nitrogens with one attached hydrogen (secondary N) is 2. The van der Waals surface area contributed by atoms with Crippen molar-refractivity contribution in [1.29, 1.82) is 0 Å². The van der Waals surface area contributed by atoms with Crippen LogP contribution in [-0.2, 0) is 9.59 Å². The van der Waals surface area contributed by atoms with Crippen molar-refractivity contribution < 1.29 is 9.59 Å². The van der Waals surface area contributed by atoms with Gasteiger partial charge in [0.25, 0.3) is 0 Å². The van der Waals surface area contributed by atoms with Gasteiger partial charge in [0.1, 0.15) is 6.04 Å². The predicted molar refractivity (Wildman–Crippen MR) is 84.6 cm³/mol. The van der Waals surface area contributed by atoms with E-state index in [0.29, 0.717) is 5.69 Å². The largest absolute Gasteiger partial charge is 0.344 e. The normalized spacial score (nSPS) is 12.0. The lowest BCUT2D eigenvalue weighted by atomic mass is 10.0. The molecule has 1 heterocycles. The van der Waals surface area contributed by atoms with Crippen LogP contribution in [0, 0.1) is 5.92 Å². The molecule has 0 radical (unpaired) electrons. The zero-order valence-electron chi connectivity index (χ0n) is 12.9. The van der Waals surface area contributed by atoms with Gasteiger partial charge in [-0.15, -0.1) is 0 Å². The van der Waals surface area contributed by atoms with Crippen LogP contribution in [0.4, 0.5) is 5.69 Å². The molecule has 0 spiro atoms. The SMILES string of the molecule is CC(=O)NC(C(=O)Nc1ccc(-n2ccnc2)cc1)C(C)C. The van der Waals surface area contributed by atoms with Crippen LogP contribution < -0.4 is 10.6 Å². The number of carbonyl (C=O) groups excluding carboxylic acids is 2. The lowest BCUT2D eigenvalue weighted by Gasteiger charge is -2.21. The molecule has 2 amide bonds. The van der Waals surface area contributed by atoms with E-state index >= 15 is 0 Å². The highest BCUT2D eigenvalue weighted by Crippen LogP contribution is 2.14.